The Labute approximate surface area is 187 Å². The monoisotopic (exact) mass is 448 g/mol. The lowest BCUT2D eigenvalue weighted by Crippen LogP contribution is -2.25. The third-order valence-corrected chi connectivity index (χ3v) is 6.69. The Bertz CT molecular complexity index is 1400. The van der Waals surface area contributed by atoms with E-state index in [1.807, 2.05) is 18.2 Å². The van der Waals surface area contributed by atoms with Crippen LogP contribution in [0.3, 0.4) is 0 Å². The fourth-order valence-corrected chi connectivity index (χ4v) is 5.14. The summed E-state index contributed by atoms with van der Waals surface area (Å²) in [5.41, 5.74) is 2.32. The molecule has 4 aromatic rings. The Morgan fingerprint density at radius 1 is 0.875 bits per heavy atom. The molecule has 0 saturated heterocycles. The van der Waals surface area contributed by atoms with Crippen molar-refractivity contribution in [2.45, 2.75) is 26.2 Å². The molecule has 0 fully saturated rings. The Balaban J connectivity index is 1.90. The first kappa shape index (κ1) is 21.6. The molecule has 6 nitrogen and oxygen atoms in total. The van der Waals surface area contributed by atoms with Crippen LogP contribution in [0.1, 0.15) is 36.8 Å². The van der Waals surface area contributed by atoms with Gasteiger partial charge in [0.05, 0.1) is 11.2 Å². The molecule has 1 aromatic heterocycles. The number of aromatic carboxylic acids is 1. The van der Waals surface area contributed by atoms with Crippen LogP contribution in [0.15, 0.2) is 78.9 Å². The van der Waals surface area contributed by atoms with Crippen molar-refractivity contribution in [1.29, 1.82) is 0 Å². The minimum absolute atomic E-state index is 0.0743. The maximum absolute atomic E-state index is 13.5. The van der Waals surface area contributed by atoms with E-state index >= 15 is 0 Å². The molecule has 3 aromatic carbocycles. The highest BCUT2D eigenvalue weighted by Crippen LogP contribution is 2.36. The third kappa shape index (κ3) is 3.87. The summed E-state index contributed by atoms with van der Waals surface area (Å²) in [7, 11) is -4.27. The lowest BCUT2D eigenvalue weighted by Gasteiger charge is -2.19. The number of rotatable bonds is 5. The molecule has 0 bridgehead atoms. The fraction of sp³-hybridized carbons (Fsp3) is 0.160. The van der Waals surface area contributed by atoms with Gasteiger partial charge in [-0.2, -0.15) is 8.42 Å². The molecule has 2 N–H and O–H groups in total. The van der Waals surface area contributed by atoms with Gasteiger partial charge >= 0.3 is 16.2 Å². The molecule has 0 unspecified atom stereocenters. The number of nitrogens with zero attached hydrogens (tertiary/aromatic N) is 1. The predicted molar refractivity (Wildman–Crippen MR) is 127 cm³/mol. The van der Waals surface area contributed by atoms with Gasteiger partial charge in [-0.05, 0) is 34.7 Å². The van der Waals surface area contributed by atoms with E-state index in [0.717, 1.165) is 9.54 Å². The molecular formula is C25H24N2O4S. The number of anilines is 1. The van der Waals surface area contributed by atoms with E-state index in [1.54, 1.807) is 60.7 Å². The van der Waals surface area contributed by atoms with Crippen molar-refractivity contribution in [2.75, 3.05) is 4.72 Å². The van der Waals surface area contributed by atoms with Crippen molar-refractivity contribution >= 4 is 32.8 Å². The van der Waals surface area contributed by atoms with E-state index in [1.165, 1.54) is 0 Å². The maximum Gasteiger partial charge on any atom is 0.354 e. The summed E-state index contributed by atoms with van der Waals surface area (Å²) in [6, 6.07) is 22.8. The molecule has 0 radical (unpaired) electrons. The largest absolute Gasteiger partial charge is 0.477 e. The maximum atomic E-state index is 13.5. The first-order valence-corrected chi connectivity index (χ1v) is 11.6. The second-order valence-electron chi connectivity index (χ2n) is 8.61. The number of hydrogen-bond donors (Lipinski definition) is 2. The number of nitrogens with one attached hydrogen (secondary N) is 1. The van der Waals surface area contributed by atoms with Gasteiger partial charge in [0.2, 0.25) is 0 Å². The smallest absolute Gasteiger partial charge is 0.354 e. The highest BCUT2D eigenvalue weighted by molar-refractivity contribution is 7.91. The van der Waals surface area contributed by atoms with Gasteiger partial charge in [0.15, 0.2) is 5.69 Å². The Hall–Kier alpha value is -3.58. The molecule has 0 spiro atoms. The second-order valence-corrected chi connectivity index (χ2v) is 10.1. The Morgan fingerprint density at radius 3 is 2.06 bits per heavy atom. The number of benzene rings is 3. The van der Waals surface area contributed by atoms with Gasteiger partial charge < -0.3 is 5.11 Å². The summed E-state index contributed by atoms with van der Waals surface area (Å²) < 4.78 is 30.3. The minimum atomic E-state index is -4.27. The number of aromatic nitrogens is 1. The van der Waals surface area contributed by atoms with Gasteiger partial charge in [0.1, 0.15) is 0 Å². The SMILES string of the molecule is CC(C)(C)c1ccc(NS(=O)(=O)n2c(C(=O)O)c(-c3ccccc3)c3ccccc32)cc1. The molecule has 0 amide bonds. The van der Waals surface area contributed by atoms with Crippen molar-refractivity contribution in [3.05, 3.63) is 90.1 Å². The molecule has 164 valence electrons. The van der Waals surface area contributed by atoms with Crippen molar-refractivity contribution in [3.8, 4) is 11.1 Å². The van der Waals surface area contributed by atoms with Crippen LogP contribution in [0.2, 0.25) is 0 Å². The highest BCUT2D eigenvalue weighted by atomic mass is 32.2. The summed E-state index contributed by atoms with van der Waals surface area (Å²) in [6.45, 7) is 6.22. The van der Waals surface area contributed by atoms with Gasteiger partial charge in [0.25, 0.3) is 0 Å². The van der Waals surface area contributed by atoms with E-state index < -0.39 is 16.2 Å². The lowest BCUT2D eigenvalue weighted by molar-refractivity contribution is 0.0690. The normalized spacial score (nSPS) is 12.1. The van der Waals surface area contributed by atoms with Crippen molar-refractivity contribution in [1.82, 2.24) is 3.97 Å². The van der Waals surface area contributed by atoms with Gasteiger partial charge in [-0.1, -0.05) is 81.4 Å². The summed E-state index contributed by atoms with van der Waals surface area (Å²) in [4.78, 5) is 12.3. The molecule has 0 aliphatic carbocycles. The van der Waals surface area contributed by atoms with Crippen LogP contribution in [0.5, 0.6) is 0 Å². The quantitative estimate of drug-likeness (QED) is 0.421. The topological polar surface area (TPSA) is 88.4 Å². The molecular weight excluding hydrogens is 424 g/mol. The number of hydrogen-bond acceptors (Lipinski definition) is 3. The average Bonchev–Trinajstić information content (AvgIpc) is 3.10. The minimum Gasteiger partial charge on any atom is -0.477 e. The summed E-state index contributed by atoms with van der Waals surface area (Å²) in [6.07, 6.45) is 0. The Morgan fingerprint density at radius 2 is 1.47 bits per heavy atom. The first-order chi connectivity index (χ1) is 15.1. The zero-order chi connectivity index (χ0) is 23.1. The van der Waals surface area contributed by atoms with Crippen molar-refractivity contribution in [3.63, 3.8) is 0 Å². The first-order valence-electron chi connectivity index (χ1n) is 10.2. The molecule has 32 heavy (non-hydrogen) atoms. The molecule has 0 saturated carbocycles. The van der Waals surface area contributed by atoms with Crippen LogP contribution < -0.4 is 4.72 Å². The van der Waals surface area contributed by atoms with Crippen LogP contribution in [-0.4, -0.2) is 23.5 Å². The number of carboxylic acids is 1. The van der Waals surface area contributed by atoms with E-state index in [0.29, 0.717) is 27.7 Å². The molecule has 0 aliphatic heterocycles. The molecule has 4 rings (SSSR count). The van der Waals surface area contributed by atoms with Crippen LogP contribution >= 0.6 is 0 Å². The number of fused-ring (bicyclic) bond motifs is 1. The van der Waals surface area contributed by atoms with Crippen molar-refractivity contribution in [2.24, 2.45) is 0 Å². The molecule has 0 atom stereocenters. The van der Waals surface area contributed by atoms with Crippen molar-refractivity contribution < 1.29 is 18.3 Å². The average molecular weight is 449 g/mol. The molecule has 7 heteroatoms. The van der Waals surface area contributed by atoms with E-state index in [-0.39, 0.29) is 11.1 Å². The second kappa shape index (κ2) is 7.84. The van der Waals surface area contributed by atoms with Gasteiger partial charge in [-0.3, -0.25) is 4.72 Å². The zero-order valence-electron chi connectivity index (χ0n) is 18.0. The summed E-state index contributed by atoms with van der Waals surface area (Å²) in [5, 5.41) is 10.6. The lowest BCUT2D eigenvalue weighted by atomic mass is 9.87. The van der Waals surface area contributed by atoms with E-state index in [4.69, 9.17) is 0 Å². The van der Waals surface area contributed by atoms with E-state index in [2.05, 4.69) is 25.5 Å². The van der Waals surface area contributed by atoms with Crippen LogP contribution in [0.4, 0.5) is 5.69 Å². The highest BCUT2D eigenvalue weighted by Gasteiger charge is 2.30. The van der Waals surface area contributed by atoms with Crippen LogP contribution in [0.25, 0.3) is 22.0 Å². The molecule has 1 heterocycles. The third-order valence-electron chi connectivity index (χ3n) is 5.34. The standard InChI is InChI=1S/C25H24N2O4S/c1-25(2,3)18-13-15-19(16-14-18)26-32(30,31)27-21-12-8-7-11-20(21)22(23(27)24(28)29)17-9-5-4-6-10-17/h4-16,26H,1-3H3,(H,28,29). The van der Waals surface area contributed by atoms with Gasteiger partial charge in [-0.15, -0.1) is 0 Å². The number of carbonyl (C=O) groups is 1. The van der Waals surface area contributed by atoms with Gasteiger partial charge in [0, 0.05) is 10.9 Å². The van der Waals surface area contributed by atoms with Crippen LogP contribution in [0, 0.1) is 0 Å². The van der Waals surface area contributed by atoms with Gasteiger partial charge in [-0.25, -0.2) is 8.77 Å². The Kier molecular flexibility index (Phi) is 5.30. The predicted octanol–water partition coefficient (Wildman–Crippen LogP) is 5.51. The van der Waals surface area contributed by atoms with Crippen LogP contribution in [-0.2, 0) is 15.6 Å². The summed E-state index contributed by atoms with van der Waals surface area (Å²) >= 11 is 0. The van der Waals surface area contributed by atoms with E-state index in [9.17, 15) is 18.3 Å². The zero-order valence-corrected chi connectivity index (χ0v) is 18.8. The molecule has 0 aliphatic rings. The summed E-state index contributed by atoms with van der Waals surface area (Å²) in [5.74, 6) is -1.33. The fourth-order valence-electron chi connectivity index (χ4n) is 3.79. The number of para-hydroxylation sites is 1. The number of carboxylic acid groups (broad SMARTS) is 1.